The summed E-state index contributed by atoms with van der Waals surface area (Å²) in [5.74, 6) is -1.03. The van der Waals surface area contributed by atoms with Crippen molar-refractivity contribution in [3.63, 3.8) is 0 Å². The highest BCUT2D eigenvalue weighted by Gasteiger charge is 2.37. The Balaban J connectivity index is 2.42. The molecule has 28 heavy (non-hydrogen) atoms. The molecule has 7 nitrogen and oxygen atoms in total. The van der Waals surface area contributed by atoms with Gasteiger partial charge in [0.25, 0.3) is 10.1 Å². The molecule has 0 saturated heterocycles. The average molecular weight is 444 g/mol. The van der Waals surface area contributed by atoms with E-state index in [-0.39, 0.29) is 22.9 Å². The second kappa shape index (κ2) is 8.45. The second-order valence-electron chi connectivity index (χ2n) is 5.43. The summed E-state index contributed by atoms with van der Waals surface area (Å²) >= 11 is 5.64. The predicted molar refractivity (Wildman–Crippen MR) is 92.2 cm³/mol. The lowest BCUT2D eigenvalue weighted by molar-refractivity contribution is -0.139. The highest BCUT2D eigenvalue weighted by atomic mass is 35.5. The maximum atomic E-state index is 13.3. The molecule has 0 fully saturated rings. The van der Waals surface area contributed by atoms with Gasteiger partial charge in [-0.25, -0.2) is 9.37 Å². The first-order chi connectivity index (χ1) is 12.9. The van der Waals surface area contributed by atoms with Crippen molar-refractivity contribution in [1.82, 2.24) is 9.97 Å². The third-order valence-electron chi connectivity index (χ3n) is 3.31. The molecule has 0 bridgehead atoms. The molecule has 13 heteroatoms. The van der Waals surface area contributed by atoms with Crippen molar-refractivity contribution in [2.75, 3.05) is 25.2 Å². The lowest BCUT2D eigenvalue weighted by atomic mass is 10.0. The van der Waals surface area contributed by atoms with Gasteiger partial charge in [0.15, 0.2) is 11.6 Å². The molecule has 0 aliphatic heterocycles. The minimum Gasteiger partial charge on any atom is -0.485 e. The zero-order chi connectivity index (χ0) is 21.1. The van der Waals surface area contributed by atoms with Crippen molar-refractivity contribution in [2.45, 2.75) is 12.3 Å². The van der Waals surface area contributed by atoms with Crippen molar-refractivity contribution >= 4 is 27.5 Å². The Kier molecular flexibility index (Phi) is 6.67. The van der Waals surface area contributed by atoms with Crippen LogP contribution in [0.4, 0.5) is 23.4 Å². The molecule has 0 aliphatic carbocycles. The van der Waals surface area contributed by atoms with Crippen LogP contribution in [0.2, 0.25) is 5.28 Å². The Morgan fingerprint density at radius 1 is 1.32 bits per heavy atom. The van der Waals surface area contributed by atoms with Gasteiger partial charge in [-0.2, -0.15) is 26.6 Å². The average Bonchev–Trinajstić information content (AvgIpc) is 2.57. The molecule has 2 aromatic rings. The second-order valence-corrected chi connectivity index (χ2v) is 7.37. The Hall–Kier alpha value is -2.18. The molecule has 0 amide bonds. The van der Waals surface area contributed by atoms with Crippen molar-refractivity contribution < 1.29 is 34.9 Å². The first-order valence-electron chi connectivity index (χ1n) is 7.48. The first-order valence-corrected chi connectivity index (χ1v) is 9.68. The van der Waals surface area contributed by atoms with Crippen LogP contribution in [-0.4, -0.2) is 38.3 Å². The summed E-state index contributed by atoms with van der Waals surface area (Å²) in [6, 6.07) is 1.79. The molecular formula is C15H14ClF4N3O4S. The van der Waals surface area contributed by atoms with E-state index in [2.05, 4.69) is 15.3 Å². The maximum Gasteiger partial charge on any atom is 0.416 e. The van der Waals surface area contributed by atoms with Gasteiger partial charge in [-0.1, -0.05) is 6.07 Å². The summed E-state index contributed by atoms with van der Waals surface area (Å²) < 4.78 is 86.4. The lowest BCUT2D eigenvalue weighted by Crippen LogP contribution is -2.22. The number of halogens is 5. The molecule has 0 radical (unpaired) electrons. The molecular weight excluding hydrogens is 430 g/mol. The van der Waals surface area contributed by atoms with E-state index in [0.29, 0.717) is 6.26 Å². The van der Waals surface area contributed by atoms with Gasteiger partial charge in [0.1, 0.15) is 18.5 Å². The summed E-state index contributed by atoms with van der Waals surface area (Å²) in [6.07, 6.45) is -4.85. The summed E-state index contributed by atoms with van der Waals surface area (Å²) in [5, 5.41) is 2.53. The Labute approximate surface area is 162 Å². The van der Waals surface area contributed by atoms with Crippen molar-refractivity contribution in [2.24, 2.45) is 0 Å². The van der Waals surface area contributed by atoms with E-state index < -0.39 is 45.9 Å². The fraction of sp³-hybridized carbons (Fsp3) is 0.333. The highest BCUT2D eigenvalue weighted by molar-refractivity contribution is 7.86. The normalized spacial score (nSPS) is 13.2. The first kappa shape index (κ1) is 22.1. The van der Waals surface area contributed by atoms with Crippen LogP contribution in [0.15, 0.2) is 24.4 Å². The summed E-state index contributed by atoms with van der Waals surface area (Å²) in [4.78, 5) is 7.50. The summed E-state index contributed by atoms with van der Waals surface area (Å²) in [7, 11) is -2.70. The summed E-state index contributed by atoms with van der Waals surface area (Å²) in [6.45, 7) is -0.665. The van der Waals surface area contributed by atoms with E-state index in [1.807, 2.05) is 0 Å². The maximum absolute atomic E-state index is 13.3. The Morgan fingerprint density at radius 3 is 2.57 bits per heavy atom. The van der Waals surface area contributed by atoms with Gasteiger partial charge in [0.05, 0.1) is 18.0 Å². The molecule has 0 spiro atoms. The van der Waals surface area contributed by atoms with Crippen LogP contribution in [-0.2, 0) is 20.5 Å². The third-order valence-corrected chi connectivity index (χ3v) is 4.08. The van der Waals surface area contributed by atoms with Gasteiger partial charge in [-0.05, 0) is 29.3 Å². The van der Waals surface area contributed by atoms with Crippen LogP contribution in [0, 0.1) is 5.82 Å². The van der Waals surface area contributed by atoms with Gasteiger partial charge in [-0.15, -0.1) is 0 Å². The third kappa shape index (κ3) is 5.91. The number of rotatable bonds is 7. The molecule has 0 aliphatic rings. The number of nitrogens with zero attached hydrogens (tertiary/aromatic N) is 2. The largest absolute Gasteiger partial charge is 0.485 e. The van der Waals surface area contributed by atoms with E-state index >= 15 is 0 Å². The van der Waals surface area contributed by atoms with Crippen molar-refractivity contribution in [3.8, 4) is 5.75 Å². The number of hydrogen-bond acceptors (Lipinski definition) is 7. The molecule has 0 saturated carbocycles. The number of nitrogens with one attached hydrogen (secondary N) is 1. The van der Waals surface area contributed by atoms with Crippen molar-refractivity contribution in [1.29, 1.82) is 0 Å². The molecule has 1 atom stereocenters. The van der Waals surface area contributed by atoms with Gasteiger partial charge in [0, 0.05) is 7.05 Å². The topological polar surface area (TPSA) is 90.4 Å². The van der Waals surface area contributed by atoms with E-state index in [0.717, 1.165) is 18.3 Å². The number of hydrogen-bond donors (Lipinski definition) is 1. The van der Waals surface area contributed by atoms with E-state index in [1.54, 1.807) is 0 Å². The molecule has 1 heterocycles. The summed E-state index contributed by atoms with van der Waals surface area (Å²) in [5.41, 5.74) is -1.99. The molecule has 154 valence electrons. The van der Waals surface area contributed by atoms with Crippen LogP contribution in [0.25, 0.3) is 0 Å². The van der Waals surface area contributed by atoms with Crippen molar-refractivity contribution in [3.05, 3.63) is 46.6 Å². The smallest absolute Gasteiger partial charge is 0.416 e. The van der Waals surface area contributed by atoms with Crippen LogP contribution < -0.4 is 10.1 Å². The quantitative estimate of drug-likeness (QED) is 0.398. The molecule has 1 aromatic carbocycles. The predicted octanol–water partition coefficient (Wildman–Crippen LogP) is 3.43. The molecule has 1 unspecified atom stereocenters. The van der Waals surface area contributed by atoms with E-state index in [1.165, 1.54) is 7.05 Å². The molecule has 1 N–H and O–H groups in total. The fourth-order valence-corrected chi connectivity index (χ4v) is 2.95. The van der Waals surface area contributed by atoms with Gasteiger partial charge in [-0.3, -0.25) is 4.18 Å². The van der Waals surface area contributed by atoms with E-state index in [4.69, 9.17) is 20.5 Å². The molecule has 1 aromatic heterocycles. The lowest BCUT2D eigenvalue weighted by Gasteiger charge is -2.22. The minimum atomic E-state index is -4.95. The number of ether oxygens (including phenoxy) is 1. The van der Waals surface area contributed by atoms with Crippen LogP contribution >= 0.6 is 11.6 Å². The highest BCUT2D eigenvalue weighted by Crippen LogP contribution is 2.37. The Bertz CT molecular complexity index is 957. The van der Waals surface area contributed by atoms with Gasteiger partial charge < -0.3 is 10.1 Å². The zero-order valence-electron chi connectivity index (χ0n) is 14.4. The fourth-order valence-electron chi connectivity index (χ4n) is 2.23. The zero-order valence-corrected chi connectivity index (χ0v) is 16.0. The monoisotopic (exact) mass is 443 g/mol. The van der Waals surface area contributed by atoms with Gasteiger partial charge in [0.2, 0.25) is 5.28 Å². The SMILES string of the molecule is CNc1nc(Cl)ncc1OCC(OS(C)(=O)=O)c1ccc(F)cc1C(F)(F)F. The van der Waals surface area contributed by atoms with Crippen LogP contribution in [0.5, 0.6) is 5.75 Å². The van der Waals surface area contributed by atoms with Crippen LogP contribution in [0.3, 0.4) is 0 Å². The standard InChI is InChI=1S/C15H14ClF4N3O4S/c1-21-13-11(6-22-14(16)23-13)26-7-12(27-28(2,24)25)9-4-3-8(17)5-10(9)15(18,19)20/h3-6,12H,7H2,1-2H3,(H,21,22,23). The minimum absolute atomic E-state index is 0.00956. The number of benzene rings is 1. The number of anilines is 1. The van der Waals surface area contributed by atoms with E-state index in [9.17, 15) is 26.0 Å². The molecule has 2 rings (SSSR count). The van der Waals surface area contributed by atoms with Crippen LogP contribution in [0.1, 0.15) is 17.2 Å². The Morgan fingerprint density at radius 2 is 2.00 bits per heavy atom. The number of aromatic nitrogens is 2. The number of alkyl halides is 3. The van der Waals surface area contributed by atoms with Gasteiger partial charge >= 0.3 is 6.18 Å².